The second-order valence-electron chi connectivity index (χ2n) is 2.09. The van der Waals surface area contributed by atoms with E-state index in [2.05, 4.69) is 6.58 Å². The summed E-state index contributed by atoms with van der Waals surface area (Å²) in [5.74, 6) is 0. The van der Waals surface area contributed by atoms with Crippen molar-refractivity contribution >= 4 is 0 Å². The van der Waals surface area contributed by atoms with Gasteiger partial charge in [-0.05, 0) is 5.56 Å². The van der Waals surface area contributed by atoms with Crippen molar-refractivity contribution in [2.45, 2.75) is 20.0 Å². The van der Waals surface area contributed by atoms with Crippen LogP contribution in [-0.2, 0) is 0 Å². The fraction of sp³-hybridized carbons (Fsp3) is 0.273. The summed E-state index contributed by atoms with van der Waals surface area (Å²) < 4.78 is 0. The molecule has 0 fully saturated rings. The second-order valence-corrected chi connectivity index (χ2v) is 2.09. The average Bonchev–Trinajstić information content (AvgIpc) is 2.21. The van der Waals surface area contributed by atoms with Crippen LogP contribution in [0.2, 0.25) is 0 Å². The zero-order chi connectivity index (χ0) is 9.40. The maximum absolute atomic E-state index is 9.21. The Morgan fingerprint density at radius 1 is 1.25 bits per heavy atom. The van der Waals surface area contributed by atoms with Gasteiger partial charge in [0.05, 0.1) is 6.10 Å². The Labute approximate surface area is 74.4 Å². The maximum Gasteiger partial charge on any atom is 0.0969 e. The molecule has 1 aromatic carbocycles. The lowest BCUT2D eigenvalue weighted by Crippen LogP contribution is -1.90. The van der Waals surface area contributed by atoms with Crippen LogP contribution >= 0.6 is 0 Å². The Balaban J connectivity index is 0.000000561. The van der Waals surface area contributed by atoms with Crippen molar-refractivity contribution in [1.82, 2.24) is 0 Å². The van der Waals surface area contributed by atoms with E-state index in [1.807, 2.05) is 44.2 Å². The first-order valence-corrected chi connectivity index (χ1v) is 4.20. The molecular formula is C11H16O. The minimum atomic E-state index is -0.527. The van der Waals surface area contributed by atoms with Crippen LogP contribution in [0.25, 0.3) is 0 Å². The third kappa shape index (κ3) is 3.35. The lowest BCUT2D eigenvalue weighted by molar-refractivity contribution is 0.229. The molecule has 1 N–H and O–H groups in total. The molecule has 66 valence electrons. The summed E-state index contributed by atoms with van der Waals surface area (Å²) in [5, 5.41) is 9.21. The predicted octanol–water partition coefficient (Wildman–Crippen LogP) is 2.93. The van der Waals surface area contributed by atoms with Crippen LogP contribution in [-0.4, -0.2) is 5.11 Å². The van der Waals surface area contributed by atoms with Gasteiger partial charge < -0.3 is 5.11 Å². The highest BCUT2D eigenvalue weighted by Crippen LogP contribution is 2.11. The van der Waals surface area contributed by atoms with Crippen LogP contribution in [0.1, 0.15) is 25.5 Å². The molecule has 0 aromatic heterocycles. The van der Waals surface area contributed by atoms with E-state index in [1.165, 1.54) is 6.08 Å². The van der Waals surface area contributed by atoms with Gasteiger partial charge in [-0.1, -0.05) is 50.3 Å². The largest absolute Gasteiger partial charge is 0.384 e. The van der Waals surface area contributed by atoms with Gasteiger partial charge >= 0.3 is 0 Å². The van der Waals surface area contributed by atoms with Gasteiger partial charge in [0.2, 0.25) is 0 Å². The van der Waals surface area contributed by atoms with Gasteiger partial charge in [0.15, 0.2) is 0 Å². The highest BCUT2D eigenvalue weighted by atomic mass is 16.3. The molecule has 0 radical (unpaired) electrons. The summed E-state index contributed by atoms with van der Waals surface area (Å²) >= 11 is 0. The van der Waals surface area contributed by atoms with Crippen LogP contribution in [0.4, 0.5) is 0 Å². The maximum atomic E-state index is 9.21. The summed E-state index contributed by atoms with van der Waals surface area (Å²) in [6, 6.07) is 9.43. The van der Waals surface area contributed by atoms with Gasteiger partial charge in [0, 0.05) is 0 Å². The summed E-state index contributed by atoms with van der Waals surface area (Å²) in [6.45, 7) is 7.49. The SMILES string of the molecule is C=CC(O)c1ccccc1.CC. The molecule has 0 heterocycles. The molecule has 12 heavy (non-hydrogen) atoms. The van der Waals surface area contributed by atoms with Crippen molar-refractivity contribution < 1.29 is 5.11 Å². The van der Waals surface area contributed by atoms with Crippen LogP contribution in [0.15, 0.2) is 43.0 Å². The number of hydrogen-bond donors (Lipinski definition) is 1. The molecule has 1 nitrogen and oxygen atoms in total. The van der Waals surface area contributed by atoms with E-state index in [0.717, 1.165) is 5.56 Å². The number of aliphatic hydroxyl groups excluding tert-OH is 1. The molecule has 0 spiro atoms. The summed E-state index contributed by atoms with van der Waals surface area (Å²) in [7, 11) is 0. The number of hydrogen-bond acceptors (Lipinski definition) is 1. The molecular weight excluding hydrogens is 148 g/mol. The summed E-state index contributed by atoms with van der Waals surface area (Å²) in [4.78, 5) is 0. The molecule has 1 rings (SSSR count). The quantitative estimate of drug-likeness (QED) is 0.666. The van der Waals surface area contributed by atoms with Crippen molar-refractivity contribution in [3.63, 3.8) is 0 Å². The number of aliphatic hydroxyl groups is 1. The van der Waals surface area contributed by atoms with Crippen LogP contribution in [0, 0.1) is 0 Å². The van der Waals surface area contributed by atoms with Gasteiger partial charge in [-0.25, -0.2) is 0 Å². The summed E-state index contributed by atoms with van der Waals surface area (Å²) in [6.07, 6.45) is 0.983. The Kier molecular flexibility index (Phi) is 6.02. The molecule has 0 saturated carbocycles. The molecule has 1 heteroatoms. The van der Waals surface area contributed by atoms with E-state index < -0.39 is 6.10 Å². The lowest BCUT2D eigenvalue weighted by Gasteiger charge is -2.02. The second kappa shape index (κ2) is 6.62. The Morgan fingerprint density at radius 2 is 1.75 bits per heavy atom. The monoisotopic (exact) mass is 164 g/mol. The fourth-order valence-corrected chi connectivity index (χ4v) is 0.786. The Morgan fingerprint density at radius 3 is 2.17 bits per heavy atom. The zero-order valence-corrected chi connectivity index (χ0v) is 7.70. The van der Waals surface area contributed by atoms with Gasteiger partial charge in [0.25, 0.3) is 0 Å². The van der Waals surface area contributed by atoms with E-state index in [4.69, 9.17) is 0 Å². The van der Waals surface area contributed by atoms with Crippen LogP contribution in [0.5, 0.6) is 0 Å². The molecule has 1 unspecified atom stereocenters. The van der Waals surface area contributed by atoms with Gasteiger partial charge in [0.1, 0.15) is 0 Å². The number of rotatable bonds is 2. The van der Waals surface area contributed by atoms with E-state index in [9.17, 15) is 5.11 Å². The van der Waals surface area contributed by atoms with Crippen molar-refractivity contribution in [1.29, 1.82) is 0 Å². The van der Waals surface area contributed by atoms with Gasteiger partial charge in [-0.15, -0.1) is 6.58 Å². The number of benzene rings is 1. The smallest absolute Gasteiger partial charge is 0.0969 e. The molecule has 1 aromatic rings. The zero-order valence-electron chi connectivity index (χ0n) is 7.70. The highest BCUT2D eigenvalue weighted by molar-refractivity contribution is 5.19. The topological polar surface area (TPSA) is 20.2 Å². The van der Waals surface area contributed by atoms with Crippen molar-refractivity contribution in [3.05, 3.63) is 48.6 Å². The van der Waals surface area contributed by atoms with Crippen LogP contribution < -0.4 is 0 Å². The molecule has 0 saturated heterocycles. The van der Waals surface area contributed by atoms with Gasteiger partial charge in [-0.3, -0.25) is 0 Å². The minimum absolute atomic E-state index is 0.527. The Hall–Kier alpha value is -1.08. The fourth-order valence-electron chi connectivity index (χ4n) is 0.786. The molecule has 0 bridgehead atoms. The van der Waals surface area contributed by atoms with E-state index >= 15 is 0 Å². The minimum Gasteiger partial charge on any atom is -0.384 e. The van der Waals surface area contributed by atoms with Gasteiger partial charge in [-0.2, -0.15) is 0 Å². The van der Waals surface area contributed by atoms with E-state index in [1.54, 1.807) is 0 Å². The van der Waals surface area contributed by atoms with Crippen LogP contribution in [0.3, 0.4) is 0 Å². The normalized spacial score (nSPS) is 10.9. The first-order valence-electron chi connectivity index (χ1n) is 4.20. The van der Waals surface area contributed by atoms with Crippen molar-refractivity contribution in [2.75, 3.05) is 0 Å². The molecule has 0 aliphatic carbocycles. The molecule has 0 aliphatic rings. The van der Waals surface area contributed by atoms with Crippen molar-refractivity contribution in [2.24, 2.45) is 0 Å². The lowest BCUT2D eigenvalue weighted by atomic mass is 10.1. The van der Waals surface area contributed by atoms with Crippen molar-refractivity contribution in [3.8, 4) is 0 Å². The predicted molar refractivity (Wildman–Crippen MR) is 52.9 cm³/mol. The third-order valence-electron chi connectivity index (χ3n) is 1.36. The van der Waals surface area contributed by atoms with E-state index in [-0.39, 0.29) is 0 Å². The Bertz CT molecular complexity index is 204. The first kappa shape index (κ1) is 10.9. The highest BCUT2D eigenvalue weighted by Gasteiger charge is 1.98. The molecule has 0 amide bonds. The first-order chi connectivity index (χ1) is 5.84. The van der Waals surface area contributed by atoms with E-state index in [0.29, 0.717) is 0 Å². The molecule has 1 atom stereocenters. The summed E-state index contributed by atoms with van der Waals surface area (Å²) in [5.41, 5.74) is 0.887. The third-order valence-corrected chi connectivity index (χ3v) is 1.36. The molecule has 0 aliphatic heterocycles. The average molecular weight is 164 g/mol. The standard InChI is InChI=1S/C9H10O.C2H6/c1-2-9(10)8-6-4-3-5-7-8;1-2/h2-7,9-10H,1H2;1-2H3.